The van der Waals surface area contributed by atoms with Crippen molar-refractivity contribution in [2.45, 2.75) is 6.92 Å². The molecule has 0 aliphatic rings. The first-order chi connectivity index (χ1) is 7.95. The van der Waals surface area contributed by atoms with Gasteiger partial charge in [-0.15, -0.1) is 0 Å². The summed E-state index contributed by atoms with van der Waals surface area (Å²) < 4.78 is 0. The highest BCUT2D eigenvalue weighted by Gasteiger charge is 2.11. The van der Waals surface area contributed by atoms with Crippen LogP contribution in [-0.4, -0.2) is 36.4 Å². The van der Waals surface area contributed by atoms with Crippen molar-refractivity contribution < 1.29 is 15.0 Å². The third kappa shape index (κ3) is 3.35. The fourth-order valence-electron chi connectivity index (χ4n) is 1.66. The molecule has 4 N–H and O–H groups in total. The van der Waals surface area contributed by atoms with E-state index in [0.717, 1.165) is 5.69 Å². The predicted octanol–water partition coefficient (Wildman–Crippen LogP) is 1.03. The van der Waals surface area contributed by atoms with Crippen LogP contribution in [-0.2, 0) is 0 Å². The van der Waals surface area contributed by atoms with Crippen LogP contribution in [0.5, 0.6) is 0 Å². The first-order valence-electron chi connectivity index (χ1n) is 5.40. The van der Waals surface area contributed by atoms with E-state index in [1.54, 1.807) is 6.07 Å². The Bertz CT molecular complexity index is 407. The molecule has 5 heteroatoms. The van der Waals surface area contributed by atoms with Gasteiger partial charge in [0.2, 0.25) is 0 Å². The summed E-state index contributed by atoms with van der Waals surface area (Å²) in [5.41, 5.74) is 7.19. The number of nitrogens with two attached hydrogens (primary N) is 1. The third-order valence-corrected chi connectivity index (χ3v) is 2.58. The number of nitrogens with zero attached hydrogens (tertiary/aromatic N) is 1. The first-order valence-corrected chi connectivity index (χ1v) is 5.40. The van der Waals surface area contributed by atoms with E-state index >= 15 is 0 Å². The molecule has 0 aromatic heterocycles. The van der Waals surface area contributed by atoms with Crippen LogP contribution in [0.4, 0.5) is 11.4 Å². The van der Waals surface area contributed by atoms with Crippen LogP contribution in [0, 0.1) is 5.92 Å². The molecule has 1 atom stereocenters. The number of anilines is 2. The number of rotatable bonds is 5. The maximum Gasteiger partial charge on any atom is 0.335 e. The van der Waals surface area contributed by atoms with Crippen molar-refractivity contribution >= 4 is 17.3 Å². The van der Waals surface area contributed by atoms with Crippen molar-refractivity contribution in [1.29, 1.82) is 0 Å². The van der Waals surface area contributed by atoms with E-state index in [1.807, 2.05) is 18.9 Å². The van der Waals surface area contributed by atoms with Crippen LogP contribution in [0.1, 0.15) is 17.3 Å². The Hall–Kier alpha value is -1.75. The summed E-state index contributed by atoms with van der Waals surface area (Å²) in [4.78, 5) is 12.7. The molecule has 0 fully saturated rings. The predicted molar refractivity (Wildman–Crippen MR) is 67.3 cm³/mol. The minimum absolute atomic E-state index is 0.109. The van der Waals surface area contributed by atoms with Crippen molar-refractivity contribution in [1.82, 2.24) is 0 Å². The number of hydrogen-bond acceptors (Lipinski definition) is 4. The van der Waals surface area contributed by atoms with Crippen molar-refractivity contribution in [2.24, 2.45) is 5.92 Å². The standard InChI is InChI=1S/C12H18N2O3/c1-8(7-15)6-14(2)11-4-3-9(12(16)17)5-10(11)13/h3-5,8,15H,6-7,13H2,1-2H3,(H,16,17). The summed E-state index contributed by atoms with van der Waals surface area (Å²) in [5, 5.41) is 17.8. The van der Waals surface area contributed by atoms with E-state index in [-0.39, 0.29) is 18.1 Å². The Morgan fingerprint density at radius 2 is 2.18 bits per heavy atom. The van der Waals surface area contributed by atoms with E-state index in [9.17, 15) is 4.79 Å². The minimum Gasteiger partial charge on any atom is -0.478 e. The highest BCUT2D eigenvalue weighted by atomic mass is 16.4. The molecule has 17 heavy (non-hydrogen) atoms. The van der Waals surface area contributed by atoms with Gasteiger partial charge in [0, 0.05) is 20.2 Å². The highest BCUT2D eigenvalue weighted by Crippen LogP contribution is 2.24. The molecule has 1 rings (SSSR count). The van der Waals surface area contributed by atoms with Gasteiger partial charge in [-0.25, -0.2) is 4.79 Å². The van der Waals surface area contributed by atoms with Crippen LogP contribution >= 0.6 is 0 Å². The molecule has 5 nitrogen and oxygen atoms in total. The van der Waals surface area contributed by atoms with Crippen LogP contribution in [0.25, 0.3) is 0 Å². The third-order valence-electron chi connectivity index (χ3n) is 2.58. The first kappa shape index (κ1) is 13.3. The van der Waals surface area contributed by atoms with Crippen LogP contribution in [0.3, 0.4) is 0 Å². The van der Waals surface area contributed by atoms with Crippen molar-refractivity contribution in [3.8, 4) is 0 Å². The Kier molecular flexibility index (Phi) is 4.34. The lowest BCUT2D eigenvalue weighted by Crippen LogP contribution is -2.26. The van der Waals surface area contributed by atoms with Gasteiger partial charge in [-0.1, -0.05) is 6.92 Å². The maximum atomic E-state index is 10.8. The lowest BCUT2D eigenvalue weighted by molar-refractivity contribution is 0.0697. The molecular formula is C12H18N2O3. The van der Waals surface area contributed by atoms with Crippen LogP contribution in [0.2, 0.25) is 0 Å². The molecule has 0 amide bonds. The second kappa shape index (κ2) is 5.54. The lowest BCUT2D eigenvalue weighted by Gasteiger charge is -2.24. The van der Waals surface area contributed by atoms with E-state index in [2.05, 4.69) is 0 Å². The number of carboxylic acid groups (broad SMARTS) is 1. The molecule has 1 aromatic carbocycles. The topological polar surface area (TPSA) is 86.8 Å². The number of hydrogen-bond donors (Lipinski definition) is 3. The molecule has 0 spiro atoms. The summed E-state index contributed by atoms with van der Waals surface area (Å²) >= 11 is 0. The number of aromatic carboxylic acids is 1. The Balaban J connectivity index is 2.88. The molecule has 0 saturated carbocycles. The summed E-state index contributed by atoms with van der Waals surface area (Å²) in [6, 6.07) is 4.65. The largest absolute Gasteiger partial charge is 0.478 e. The Morgan fingerprint density at radius 3 is 2.65 bits per heavy atom. The van der Waals surface area contributed by atoms with Gasteiger partial charge in [0.05, 0.1) is 16.9 Å². The van der Waals surface area contributed by atoms with Crippen molar-refractivity contribution in [2.75, 3.05) is 30.8 Å². The molecule has 0 aliphatic carbocycles. The molecule has 0 radical (unpaired) electrons. The van der Waals surface area contributed by atoms with Crippen LogP contribution < -0.4 is 10.6 Å². The zero-order chi connectivity index (χ0) is 13.0. The van der Waals surface area contributed by atoms with Gasteiger partial charge in [-0.2, -0.15) is 0 Å². The highest BCUT2D eigenvalue weighted by molar-refractivity contribution is 5.90. The fraction of sp³-hybridized carbons (Fsp3) is 0.417. The second-order valence-electron chi connectivity index (χ2n) is 4.25. The number of aliphatic hydroxyl groups is 1. The molecule has 0 heterocycles. The van der Waals surface area contributed by atoms with Crippen molar-refractivity contribution in [3.05, 3.63) is 23.8 Å². The minimum atomic E-state index is -0.991. The SMILES string of the molecule is CC(CO)CN(C)c1ccc(C(=O)O)cc1N. The van der Waals surface area contributed by atoms with Gasteiger partial charge in [-0.05, 0) is 24.1 Å². The molecule has 0 saturated heterocycles. The normalized spacial score (nSPS) is 12.2. The fourth-order valence-corrected chi connectivity index (χ4v) is 1.66. The molecule has 94 valence electrons. The van der Waals surface area contributed by atoms with Gasteiger partial charge < -0.3 is 20.8 Å². The van der Waals surface area contributed by atoms with Gasteiger partial charge in [-0.3, -0.25) is 0 Å². The van der Waals surface area contributed by atoms with E-state index in [1.165, 1.54) is 12.1 Å². The average molecular weight is 238 g/mol. The molecule has 1 aromatic rings. The summed E-state index contributed by atoms with van der Waals surface area (Å²) in [5.74, 6) is -0.854. The molecule has 1 unspecified atom stereocenters. The van der Waals surface area contributed by atoms with Gasteiger partial charge in [0.25, 0.3) is 0 Å². The van der Waals surface area contributed by atoms with E-state index in [0.29, 0.717) is 12.2 Å². The second-order valence-corrected chi connectivity index (χ2v) is 4.25. The van der Waals surface area contributed by atoms with Crippen molar-refractivity contribution in [3.63, 3.8) is 0 Å². The number of aliphatic hydroxyl groups excluding tert-OH is 1. The lowest BCUT2D eigenvalue weighted by atomic mass is 10.1. The number of carboxylic acids is 1. The monoisotopic (exact) mass is 238 g/mol. The maximum absolute atomic E-state index is 10.8. The summed E-state index contributed by atoms with van der Waals surface area (Å²) in [6.45, 7) is 2.70. The molecular weight excluding hydrogens is 220 g/mol. The molecule has 0 bridgehead atoms. The Labute approximate surface area is 100 Å². The van der Waals surface area contributed by atoms with Gasteiger partial charge in [0.15, 0.2) is 0 Å². The zero-order valence-corrected chi connectivity index (χ0v) is 10.1. The van der Waals surface area contributed by atoms with E-state index < -0.39 is 5.97 Å². The zero-order valence-electron chi connectivity index (χ0n) is 10.1. The van der Waals surface area contributed by atoms with Crippen LogP contribution in [0.15, 0.2) is 18.2 Å². The average Bonchev–Trinajstić information content (AvgIpc) is 2.28. The van der Waals surface area contributed by atoms with E-state index in [4.69, 9.17) is 15.9 Å². The smallest absolute Gasteiger partial charge is 0.335 e. The quantitative estimate of drug-likeness (QED) is 0.667. The summed E-state index contributed by atoms with van der Waals surface area (Å²) in [7, 11) is 1.86. The van der Waals surface area contributed by atoms with Gasteiger partial charge in [0.1, 0.15) is 0 Å². The van der Waals surface area contributed by atoms with Gasteiger partial charge >= 0.3 is 5.97 Å². The Morgan fingerprint density at radius 1 is 1.53 bits per heavy atom. The number of nitrogen functional groups attached to an aromatic ring is 1. The number of carbonyl (C=O) groups is 1. The molecule has 0 aliphatic heterocycles. The number of benzene rings is 1. The summed E-state index contributed by atoms with van der Waals surface area (Å²) in [6.07, 6.45) is 0.